The molecule has 0 spiro atoms. The van der Waals surface area contributed by atoms with Crippen LogP contribution < -0.4 is 14.8 Å². The monoisotopic (exact) mass is 363 g/mol. The summed E-state index contributed by atoms with van der Waals surface area (Å²) in [5.74, 6) is 1.08. The minimum atomic E-state index is -0.616. The van der Waals surface area contributed by atoms with E-state index in [1.54, 1.807) is 26.2 Å². The van der Waals surface area contributed by atoms with Crippen LogP contribution in [0, 0.1) is 6.92 Å². The average molecular weight is 364 g/mol. The van der Waals surface area contributed by atoms with Crippen LogP contribution in [0.4, 0.5) is 5.69 Å². The standard InChI is InChI=1S/C17H18BrNO3/c1-11-9-13(18)7-8-16(11)19-17(20)12(2)22-15-6-4-5-14(10-15)21-3/h4-10,12H,1-3H3,(H,19,20). The summed E-state index contributed by atoms with van der Waals surface area (Å²) in [4.78, 5) is 12.2. The highest BCUT2D eigenvalue weighted by atomic mass is 79.9. The van der Waals surface area contributed by atoms with Gasteiger partial charge in [0.25, 0.3) is 5.91 Å². The Hall–Kier alpha value is -2.01. The zero-order chi connectivity index (χ0) is 16.1. The van der Waals surface area contributed by atoms with Gasteiger partial charge in [0.05, 0.1) is 7.11 Å². The summed E-state index contributed by atoms with van der Waals surface area (Å²) >= 11 is 3.40. The maximum Gasteiger partial charge on any atom is 0.265 e. The molecular formula is C17H18BrNO3. The Balaban J connectivity index is 2.02. The second kappa shape index (κ2) is 7.31. The van der Waals surface area contributed by atoms with Crippen LogP contribution >= 0.6 is 15.9 Å². The Morgan fingerprint density at radius 1 is 1.18 bits per heavy atom. The number of anilines is 1. The van der Waals surface area contributed by atoms with E-state index in [1.807, 2.05) is 37.3 Å². The molecule has 0 aliphatic rings. The number of nitrogens with one attached hydrogen (secondary N) is 1. The highest BCUT2D eigenvalue weighted by molar-refractivity contribution is 9.10. The normalized spacial score (nSPS) is 11.6. The molecule has 2 rings (SSSR count). The molecule has 4 nitrogen and oxygen atoms in total. The third kappa shape index (κ3) is 4.24. The Morgan fingerprint density at radius 2 is 1.91 bits per heavy atom. The van der Waals surface area contributed by atoms with Crippen molar-refractivity contribution < 1.29 is 14.3 Å². The van der Waals surface area contributed by atoms with E-state index < -0.39 is 6.10 Å². The quantitative estimate of drug-likeness (QED) is 0.866. The fraction of sp³-hybridized carbons (Fsp3) is 0.235. The molecule has 1 unspecified atom stereocenters. The van der Waals surface area contributed by atoms with Gasteiger partial charge in [0, 0.05) is 16.2 Å². The lowest BCUT2D eigenvalue weighted by Gasteiger charge is -2.16. The Bertz CT molecular complexity index is 673. The predicted octanol–water partition coefficient (Wildman–Crippen LogP) is 4.17. The van der Waals surface area contributed by atoms with E-state index in [2.05, 4.69) is 21.2 Å². The van der Waals surface area contributed by atoms with Crippen molar-refractivity contribution in [1.29, 1.82) is 0 Å². The van der Waals surface area contributed by atoms with Gasteiger partial charge >= 0.3 is 0 Å². The fourth-order valence-corrected chi connectivity index (χ4v) is 2.41. The van der Waals surface area contributed by atoms with Crippen molar-refractivity contribution in [3.63, 3.8) is 0 Å². The van der Waals surface area contributed by atoms with Crippen molar-refractivity contribution in [2.24, 2.45) is 0 Å². The second-order valence-corrected chi connectivity index (χ2v) is 5.80. The molecule has 1 N–H and O–H groups in total. The number of amides is 1. The van der Waals surface area contributed by atoms with Crippen LogP contribution in [0.3, 0.4) is 0 Å². The maximum absolute atomic E-state index is 12.2. The van der Waals surface area contributed by atoms with Gasteiger partial charge in [0.15, 0.2) is 6.10 Å². The average Bonchev–Trinajstić information content (AvgIpc) is 2.50. The van der Waals surface area contributed by atoms with Crippen LogP contribution in [0.1, 0.15) is 12.5 Å². The molecule has 116 valence electrons. The van der Waals surface area contributed by atoms with Crippen LogP contribution in [-0.4, -0.2) is 19.1 Å². The molecule has 0 radical (unpaired) electrons. The van der Waals surface area contributed by atoms with E-state index in [1.165, 1.54) is 0 Å². The molecule has 0 saturated heterocycles. The minimum Gasteiger partial charge on any atom is -0.497 e. The van der Waals surface area contributed by atoms with E-state index in [-0.39, 0.29) is 5.91 Å². The zero-order valence-corrected chi connectivity index (χ0v) is 14.3. The Kier molecular flexibility index (Phi) is 5.44. The first kappa shape index (κ1) is 16.4. The number of carbonyl (C=O) groups is 1. The number of ether oxygens (including phenoxy) is 2. The lowest BCUT2D eigenvalue weighted by atomic mass is 10.2. The van der Waals surface area contributed by atoms with Crippen molar-refractivity contribution >= 4 is 27.5 Å². The SMILES string of the molecule is COc1cccc(OC(C)C(=O)Nc2ccc(Br)cc2C)c1. The summed E-state index contributed by atoms with van der Waals surface area (Å²) < 4.78 is 11.8. The first-order chi connectivity index (χ1) is 10.5. The predicted molar refractivity (Wildman–Crippen MR) is 90.6 cm³/mol. The number of halogens is 1. The smallest absolute Gasteiger partial charge is 0.265 e. The number of benzene rings is 2. The van der Waals surface area contributed by atoms with Gasteiger partial charge in [-0.1, -0.05) is 22.0 Å². The van der Waals surface area contributed by atoms with Crippen molar-refractivity contribution in [3.05, 3.63) is 52.5 Å². The molecule has 0 aliphatic carbocycles. The third-order valence-electron chi connectivity index (χ3n) is 3.17. The lowest BCUT2D eigenvalue weighted by molar-refractivity contribution is -0.122. The molecule has 0 aliphatic heterocycles. The number of methoxy groups -OCH3 is 1. The van der Waals surface area contributed by atoms with E-state index >= 15 is 0 Å². The van der Waals surface area contributed by atoms with Gasteiger partial charge in [0.1, 0.15) is 11.5 Å². The van der Waals surface area contributed by atoms with Gasteiger partial charge in [0.2, 0.25) is 0 Å². The highest BCUT2D eigenvalue weighted by Crippen LogP contribution is 2.22. The Labute approximate surface area is 138 Å². The van der Waals surface area contributed by atoms with Crippen LogP contribution in [0.15, 0.2) is 46.9 Å². The molecule has 1 amide bonds. The lowest BCUT2D eigenvalue weighted by Crippen LogP contribution is -2.30. The molecule has 5 heteroatoms. The molecule has 0 fully saturated rings. The summed E-state index contributed by atoms with van der Waals surface area (Å²) in [6.07, 6.45) is -0.616. The van der Waals surface area contributed by atoms with Gasteiger partial charge in [-0.05, 0) is 49.7 Å². The Morgan fingerprint density at radius 3 is 2.59 bits per heavy atom. The van der Waals surface area contributed by atoms with E-state index in [4.69, 9.17) is 9.47 Å². The van der Waals surface area contributed by atoms with Gasteiger partial charge in [-0.2, -0.15) is 0 Å². The van der Waals surface area contributed by atoms with Crippen molar-refractivity contribution in [3.8, 4) is 11.5 Å². The molecule has 0 heterocycles. The maximum atomic E-state index is 12.2. The van der Waals surface area contributed by atoms with Crippen LogP contribution in [-0.2, 0) is 4.79 Å². The minimum absolute atomic E-state index is 0.201. The van der Waals surface area contributed by atoms with Crippen molar-refractivity contribution in [2.75, 3.05) is 12.4 Å². The van der Waals surface area contributed by atoms with E-state index in [9.17, 15) is 4.79 Å². The molecular weight excluding hydrogens is 346 g/mol. The van der Waals surface area contributed by atoms with Crippen LogP contribution in [0.2, 0.25) is 0 Å². The van der Waals surface area contributed by atoms with Crippen LogP contribution in [0.25, 0.3) is 0 Å². The summed E-state index contributed by atoms with van der Waals surface area (Å²) in [7, 11) is 1.59. The topological polar surface area (TPSA) is 47.6 Å². The molecule has 0 saturated carbocycles. The number of carbonyl (C=O) groups excluding carboxylic acids is 1. The summed E-state index contributed by atoms with van der Waals surface area (Å²) in [6, 6.07) is 12.9. The molecule has 2 aromatic rings. The second-order valence-electron chi connectivity index (χ2n) is 4.89. The van der Waals surface area contributed by atoms with Gasteiger partial charge in [-0.15, -0.1) is 0 Å². The number of rotatable bonds is 5. The fourth-order valence-electron chi connectivity index (χ4n) is 1.93. The molecule has 0 aromatic heterocycles. The van der Waals surface area contributed by atoms with Crippen LogP contribution in [0.5, 0.6) is 11.5 Å². The summed E-state index contributed by atoms with van der Waals surface area (Å²) in [5, 5.41) is 2.87. The van der Waals surface area contributed by atoms with Crippen molar-refractivity contribution in [2.45, 2.75) is 20.0 Å². The van der Waals surface area contributed by atoms with Gasteiger partial charge in [-0.3, -0.25) is 4.79 Å². The number of hydrogen-bond acceptors (Lipinski definition) is 3. The first-order valence-corrected chi connectivity index (χ1v) is 7.66. The molecule has 0 bridgehead atoms. The summed E-state index contributed by atoms with van der Waals surface area (Å²) in [5.41, 5.74) is 1.76. The van der Waals surface area contributed by atoms with E-state index in [0.717, 1.165) is 15.7 Å². The largest absolute Gasteiger partial charge is 0.497 e. The zero-order valence-electron chi connectivity index (χ0n) is 12.7. The van der Waals surface area contributed by atoms with E-state index in [0.29, 0.717) is 11.5 Å². The van der Waals surface area contributed by atoms with Gasteiger partial charge in [-0.25, -0.2) is 0 Å². The van der Waals surface area contributed by atoms with Gasteiger partial charge < -0.3 is 14.8 Å². The van der Waals surface area contributed by atoms with Crippen molar-refractivity contribution in [1.82, 2.24) is 0 Å². The third-order valence-corrected chi connectivity index (χ3v) is 3.66. The summed E-state index contributed by atoms with van der Waals surface area (Å²) in [6.45, 7) is 3.65. The molecule has 22 heavy (non-hydrogen) atoms. The molecule has 2 aromatic carbocycles. The highest BCUT2D eigenvalue weighted by Gasteiger charge is 2.16. The first-order valence-electron chi connectivity index (χ1n) is 6.87. The number of hydrogen-bond donors (Lipinski definition) is 1. The molecule has 1 atom stereocenters. The number of aryl methyl sites for hydroxylation is 1.